The molecule has 178 valence electrons. The van der Waals surface area contributed by atoms with Gasteiger partial charge in [-0.25, -0.2) is 9.59 Å². The number of carbonyl (C=O) groups excluding carboxylic acids is 2. The molecule has 2 aromatic carbocycles. The number of carboxylic acid groups (broad SMARTS) is 1. The molecule has 0 radical (unpaired) electrons. The van der Waals surface area contributed by atoms with Crippen molar-refractivity contribution in [3.63, 3.8) is 0 Å². The van der Waals surface area contributed by atoms with Crippen molar-refractivity contribution in [1.29, 1.82) is 0 Å². The molecule has 2 aromatic rings. The summed E-state index contributed by atoms with van der Waals surface area (Å²) in [6.07, 6.45) is -1.09. The highest BCUT2D eigenvalue weighted by atomic mass is 32.2. The Bertz CT molecular complexity index is 1080. The summed E-state index contributed by atoms with van der Waals surface area (Å²) in [7, 11) is 0. The van der Waals surface area contributed by atoms with E-state index in [1.807, 2.05) is 24.3 Å². The van der Waals surface area contributed by atoms with Gasteiger partial charge in [-0.1, -0.05) is 48.5 Å². The second-order valence-corrected chi connectivity index (χ2v) is 10.0. The van der Waals surface area contributed by atoms with Crippen molar-refractivity contribution in [3.8, 4) is 11.1 Å². The molecule has 0 aromatic heterocycles. The summed E-state index contributed by atoms with van der Waals surface area (Å²) in [6.45, 7) is 2.28. The maximum atomic E-state index is 13.1. The van der Waals surface area contributed by atoms with Crippen molar-refractivity contribution in [2.45, 2.75) is 42.8 Å². The van der Waals surface area contributed by atoms with Gasteiger partial charge in [0.2, 0.25) is 0 Å². The Morgan fingerprint density at radius 2 is 1.76 bits per heavy atom. The monoisotopic (exact) mass is 482 g/mol. The van der Waals surface area contributed by atoms with Crippen LogP contribution in [0.15, 0.2) is 48.5 Å². The van der Waals surface area contributed by atoms with Crippen LogP contribution in [0.4, 0.5) is 4.79 Å². The standard InChI is InChI=1S/C25H26N2O6S/c1-14-27(21(13-34-14)24(29)30)23(28)22-20(10-11-32-22)26-25(31)33-12-19-17-8-4-2-6-15(17)16-7-3-5-9-18(16)19/h2-9,14,19-22H,10-13H2,1H3,(H,26,31)(H,29,30)/t14?,20-,21?,22+/m0/s1. The van der Waals surface area contributed by atoms with Crippen molar-refractivity contribution in [2.75, 3.05) is 19.0 Å². The number of hydrogen-bond donors (Lipinski definition) is 2. The smallest absolute Gasteiger partial charge is 0.407 e. The minimum absolute atomic E-state index is 0.0609. The lowest BCUT2D eigenvalue weighted by Gasteiger charge is -2.29. The van der Waals surface area contributed by atoms with E-state index in [9.17, 15) is 19.5 Å². The van der Waals surface area contributed by atoms with Crippen LogP contribution in [0, 0.1) is 0 Å². The average Bonchev–Trinajstić information content (AvgIpc) is 3.53. The van der Waals surface area contributed by atoms with Gasteiger partial charge in [0.05, 0.1) is 11.4 Å². The number of aliphatic carboxylic acids is 1. The van der Waals surface area contributed by atoms with Crippen LogP contribution < -0.4 is 5.32 Å². The normalized spacial score (nSPS) is 25.6. The van der Waals surface area contributed by atoms with Crippen LogP contribution in [0.1, 0.15) is 30.4 Å². The Morgan fingerprint density at radius 3 is 2.41 bits per heavy atom. The predicted octanol–water partition coefficient (Wildman–Crippen LogP) is 3.06. The van der Waals surface area contributed by atoms with Crippen LogP contribution in [0.25, 0.3) is 11.1 Å². The number of fused-ring (bicyclic) bond motifs is 3. The fraction of sp³-hybridized carbons (Fsp3) is 0.400. The Morgan fingerprint density at radius 1 is 1.12 bits per heavy atom. The zero-order chi connectivity index (χ0) is 23.8. The zero-order valence-electron chi connectivity index (χ0n) is 18.7. The third-order valence-corrected chi connectivity index (χ3v) is 7.96. The van der Waals surface area contributed by atoms with Crippen molar-refractivity contribution in [1.82, 2.24) is 10.2 Å². The number of carboxylic acids is 1. The molecular formula is C25H26N2O6S. The minimum atomic E-state index is -1.04. The Kier molecular flexibility index (Phi) is 6.22. The quantitative estimate of drug-likeness (QED) is 0.675. The number of nitrogens with zero attached hydrogens (tertiary/aromatic N) is 1. The number of hydrogen-bond acceptors (Lipinski definition) is 6. The second-order valence-electron chi connectivity index (χ2n) is 8.69. The summed E-state index contributed by atoms with van der Waals surface area (Å²) in [5.74, 6) is -1.18. The number of ether oxygens (including phenoxy) is 2. The molecule has 2 saturated heterocycles. The van der Waals surface area contributed by atoms with E-state index in [4.69, 9.17) is 9.47 Å². The zero-order valence-corrected chi connectivity index (χ0v) is 19.5. The number of thioether (sulfide) groups is 1. The maximum absolute atomic E-state index is 13.1. The Balaban J connectivity index is 1.24. The third kappa shape index (κ3) is 4.03. The molecule has 2 aliphatic heterocycles. The molecule has 9 heteroatoms. The molecule has 0 spiro atoms. The lowest BCUT2D eigenvalue weighted by atomic mass is 9.98. The highest BCUT2D eigenvalue weighted by Gasteiger charge is 2.46. The number of benzene rings is 2. The SMILES string of the molecule is CC1SCC(C(=O)O)N1C(=O)[C@@H]1OCC[C@@H]1NC(=O)OCC1c2ccccc2-c2ccccc21. The average molecular weight is 483 g/mol. The van der Waals surface area contributed by atoms with E-state index in [-0.39, 0.29) is 17.9 Å². The van der Waals surface area contributed by atoms with Crippen molar-refractivity contribution in [2.24, 2.45) is 0 Å². The van der Waals surface area contributed by atoms with E-state index < -0.39 is 36.2 Å². The second kappa shape index (κ2) is 9.31. The van der Waals surface area contributed by atoms with Gasteiger partial charge < -0.3 is 24.8 Å². The number of nitrogens with one attached hydrogen (secondary N) is 1. The van der Waals surface area contributed by atoms with Gasteiger partial charge in [0.1, 0.15) is 12.6 Å². The van der Waals surface area contributed by atoms with E-state index in [0.717, 1.165) is 22.3 Å². The van der Waals surface area contributed by atoms with Gasteiger partial charge in [-0.15, -0.1) is 11.8 Å². The largest absolute Gasteiger partial charge is 0.480 e. The first-order valence-electron chi connectivity index (χ1n) is 11.4. The summed E-state index contributed by atoms with van der Waals surface area (Å²) in [4.78, 5) is 38.8. The van der Waals surface area contributed by atoms with Crippen LogP contribution in [0.3, 0.4) is 0 Å². The van der Waals surface area contributed by atoms with Gasteiger partial charge in [-0.3, -0.25) is 4.79 Å². The fourth-order valence-corrected chi connectivity index (χ4v) is 6.26. The lowest BCUT2D eigenvalue weighted by molar-refractivity contribution is -0.153. The topological polar surface area (TPSA) is 105 Å². The maximum Gasteiger partial charge on any atom is 0.407 e. The van der Waals surface area contributed by atoms with Gasteiger partial charge in [0.15, 0.2) is 6.10 Å². The van der Waals surface area contributed by atoms with Crippen LogP contribution in [-0.2, 0) is 19.1 Å². The molecule has 8 nitrogen and oxygen atoms in total. The number of rotatable bonds is 5. The fourth-order valence-electron chi connectivity index (χ4n) is 5.09. The van der Waals surface area contributed by atoms with Gasteiger partial charge >= 0.3 is 12.1 Å². The molecule has 4 atom stereocenters. The molecule has 5 rings (SSSR count). The Labute approximate surface area is 201 Å². The first-order valence-corrected chi connectivity index (χ1v) is 12.4. The molecule has 0 bridgehead atoms. The lowest BCUT2D eigenvalue weighted by Crippen LogP contribution is -2.54. The molecule has 2 fully saturated rings. The summed E-state index contributed by atoms with van der Waals surface area (Å²) in [5, 5.41) is 12.0. The van der Waals surface area contributed by atoms with Crippen LogP contribution in [-0.4, -0.2) is 70.5 Å². The number of alkyl carbamates (subject to hydrolysis) is 1. The van der Waals surface area contributed by atoms with Crippen molar-refractivity contribution < 1.29 is 29.0 Å². The minimum Gasteiger partial charge on any atom is -0.480 e. The highest BCUT2D eigenvalue weighted by Crippen LogP contribution is 2.44. The summed E-state index contributed by atoms with van der Waals surface area (Å²) in [6, 6.07) is 14.7. The third-order valence-electron chi connectivity index (χ3n) is 6.74. The van der Waals surface area contributed by atoms with Crippen LogP contribution in [0.5, 0.6) is 0 Å². The number of amides is 2. The van der Waals surface area contributed by atoms with Gasteiger partial charge in [-0.05, 0) is 35.6 Å². The first-order chi connectivity index (χ1) is 16.5. The van der Waals surface area contributed by atoms with E-state index in [2.05, 4.69) is 29.6 Å². The molecule has 1 aliphatic carbocycles. The van der Waals surface area contributed by atoms with Crippen molar-refractivity contribution in [3.05, 3.63) is 59.7 Å². The van der Waals surface area contributed by atoms with Gasteiger partial charge in [0.25, 0.3) is 5.91 Å². The molecule has 3 aliphatic rings. The Hall–Kier alpha value is -3.04. The summed E-state index contributed by atoms with van der Waals surface area (Å²) < 4.78 is 11.2. The predicted molar refractivity (Wildman–Crippen MR) is 127 cm³/mol. The van der Waals surface area contributed by atoms with E-state index in [0.29, 0.717) is 18.8 Å². The van der Waals surface area contributed by atoms with E-state index in [1.165, 1.54) is 16.7 Å². The van der Waals surface area contributed by atoms with Crippen LogP contribution >= 0.6 is 11.8 Å². The number of carbonyl (C=O) groups is 3. The molecule has 2 heterocycles. The van der Waals surface area contributed by atoms with Gasteiger partial charge in [-0.2, -0.15) is 0 Å². The molecule has 2 amide bonds. The summed E-state index contributed by atoms with van der Waals surface area (Å²) in [5.41, 5.74) is 4.53. The molecule has 2 N–H and O–H groups in total. The van der Waals surface area contributed by atoms with Crippen molar-refractivity contribution >= 4 is 29.7 Å². The highest BCUT2D eigenvalue weighted by molar-refractivity contribution is 8.00. The molecule has 34 heavy (non-hydrogen) atoms. The van der Waals surface area contributed by atoms with Gasteiger partial charge in [0, 0.05) is 18.3 Å². The van der Waals surface area contributed by atoms with Crippen LogP contribution in [0.2, 0.25) is 0 Å². The molecule has 2 unspecified atom stereocenters. The van der Waals surface area contributed by atoms with E-state index in [1.54, 1.807) is 6.92 Å². The van der Waals surface area contributed by atoms with E-state index >= 15 is 0 Å². The summed E-state index contributed by atoms with van der Waals surface area (Å²) >= 11 is 1.41. The molecule has 0 saturated carbocycles. The first kappa shape index (κ1) is 22.7. The molecular weight excluding hydrogens is 456 g/mol.